The third kappa shape index (κ3) is 2.57. The molecule has 0 spiro atoms. The summed E-state index contributed by atoms with van der Waals surface area (Å²) in [6.45, 7) is 2.10. The van der Waals surface area contributed by atoms with Gasteiger partial charge in [0.2, 0.25) is 0 Å². The van der Waals surface area contributed by atoms with Gasteiger partial charge >= 0.3 is 86.3 Å². The van der Waals surface area contributed by atoms with E-state index in [2.05, 4.69) is 16.1 Å². The van der Waals surface area contributed by atoms with E-state index < -0.39 is 0 Å². The van der Waals surface area contributed by atoms with Gasteiger partial charge in [-0.2, -0.15) is 0 Å². The summed E-state index contributed by atoms with van der Waals surface area (Å²) in [5, 5.41) is 0. The van der Waals surface area contributed by atoms with Gasteiger partial charge in [0.05, 0.1) is 0 Å². The maximum absolute atomic E-state index is 12.6. The Bertz CT molecular complexity index is 384. The van der Waals surface area contributed by atoms with Crippen molar-refractivity contribution < 1.29 is 19.9 Å². The molecule has 0 saturated heterocycles. The number of aliphatic hydroxyl groups is 1. The standard InChI is InChI=1S/C10H9FOTe.ClH/c1-7-6-10(12-13-7)8-2-4-9(11)5-3-8;/h2-6,12H,1H3;1H/q+1;/p-1. The number of allylic oxidation sites excluding steroid dienone is 1. The van der Waals surface area contributed by atoms with Gasteiger partial charge in [-0.1, -0.05) is 0 Å². The Kier molecular flexibility index (Phi) is 4.12. The van der Waals surface area contributed by atoms with Crippen molar-refractivity contribution in [1.82, 2.24) is 0 Å². The summed E-state index contributed by atoms with van der Waals surface area (Å²) in [6.07, 6.45) is 2.09. The fourth-order valence-corrected chi connectivity index (χ4v) is 2.74. The van der Waals surface area contributed by atoms with Crippen molar-refractivity contribution in [3.8, 4) is 0 Å². The van der Waals surface area contributed by atoms with Crippen molar-refractivity contribution in [3.63, 3.8) is 0 Å². The minimum atomic E-state index is -0.305. The van der Waals surface area contributed by atoms with E-state index in [0.29, 0.717) is 0 Å². The molecule has 1 aliphatic heterocycles. The van der Waals surface area contributed by atoms with Crippen LogP contribution in [0.15, 0.2) is 30.3 Å². The minimum absolute atomic E-state index is 0. The van der Waals surface area contributed by atoms with Crippen molar-refractivity contribution >= 4 is 30.2 Å². The van der Waals surface area contributed by atoms with E-state index in [-0.39, 0.29) is 39.1 Å². The van der Waals surface area contributed by atoms with Gasteiger partial charge in [0.15, 0.2) is 0 Å². The maximum atomic E-state index is 12.6. The van der Waals surface area contributed by atoms with Gasteiger partial charge in [-0.15, -0.1) is 0 Å². The predicted octanol–water partition coefficient (Wildman–Crippen LogP) is -1.48. The van der Waals surface area contributed by atoms with E-state index in [9.17, 15) is 4.39 Å². The van der Waals surface area contributed by atoms with Crippen LogP contribution in [0.3, 0.4) is 0 Å². The summed E-state index contributed by atoms with van der Waals surface area (Å²) in [4.78, 5) is 0. The second kappa shape index (κ2) is 4.93. The number of halogens is 2. The molecule has 1 aliphatic rings. The second-order valence-electron chi connectivity index (χ2n) is 2.83. The maximum Gasteiger partial charge on any atom is -1.00 e. The van der Waals surface area contributed by atoms with Crippen molar-refractivity contribution in [2.45, 2.75) is 6.92 Å². The summed E-state index contributed by atoms with van der Waals surface area (Å²) in [5.41, 5.74) is 1.02. The van der Waals surface area contributed by atoms with Crippen LogP contribution in [0.25, 0.3) is 5.76 Å². The van der Waals surface area contributed by atoms with E-state index in [1.807, 2.05) is 0 Å². The van der Waals surface area contributed by atoms with Gasteiger partial charge in [-0.05, 0) is 0 Å². The number of benzene rings is 1. The first-order valence-corrected chi connectivity index (χ1v) is 6.16. The van der Waals surface area contributed by atoms with Gasteiger partial charge in [0.1, 0.15) is 0 Å². The Hall–Kier alpha value is -0.360. The minimum Gasteiger partial charge on any atom is -1.00 e. The third-order valence-electron chi connectivity index (χ3n) is 1.77. The number of hydrogen-bond donors (Lipinski definition) is 0. The van der Waals surface area contributed by atoms with Gasteiger partial charge in [-0.25, -0.2) is 0 Å². The largest absolute Gasteiger partial charge is 1.00 e. The molecule has 75 valence electrons. The van der Waals surface area contributed by atoms with Gasteiger partial charge in [-0.3, -0.25) is 0 Å². The van der Waals surface area contributed by atoms with E-state index >= 15 is 0 Å². The Morgan fingerprint density at radius 3 is 2.36 bits per heavy atom. The predicted molar refractivity (Wildman–Crippen MR) is 53.0 cm³/mol. The first-order chi connectivity index (χ1) is 6.25. The average molecular weight is 327 g/mol. The van der Waals surface area contributed by atoms with Crippen molar-refractivity contribution in [2.24, 2.45) is 0 Å². The zero-order valence-corrected chi connectivity index (χ0v) is 10.6. The van der Waals surface area contributed by atoms with Crippen LogP contribution in [-0.2, 0) is 0 Å². The van der Waals surface area contributed by atoms with E-state index in [1.54, 1.807) is 12.1 Å². The quantitative estimate of drug-likeness (QED) is 0.441. The molecule has 0 amide bonds. The van der Waals surface area contributed by atoms with Crippen LogP contribution in [0.4, 0.5) is 4.39 Å². The van der Waals surface area contributed by atoms with Crippen molar-refractivity contribution in [2.75, 3.05) is 0 Å². The van der Waals surface area contributed by atoms with E-state index in [0.717, 1.165) is 11.3 Å². The molecule has 2 rings (SSSR count). The van der Waals surface area contributed by atoms with Crippen LogP contribution in [0.2, 0.25) is 0 Å². The molecule has 0 aromatic heterocycles. The summed E-state index contributed by atoms with van der Waals surface area (Å²) in [5.74, 6) is 0.819. The molecule has 1 radical (unpaired) electrons. The molecule has 0 saturated carbocycles. The topological polar surface area (TPSA) is 12.8 Å². The monoisotopic (exact) mass is 329 g/mol. The van der Waals surface area contributed by atoms with Crippen LogP contribution in [0.1, 0.15) is 12.5 Å². The van der Waals surface area contributed by atoms with Crippen LogP contribution in [0, 0.1) is 5.82 Å². The average Bonchev–Trinajstić information content (AvgIpc) is 2.53. The molecular formula is C10H9ClFOTe. The molecule has 0 aliphatic carbocycles. The van der Waals surface area contributed by atoms with Gasteiger partial charge in [0.25, 0.3) is 0 Å². The van der Waals surface area contributed by atoms with E-state index in [1.165, 1.54) is 15.7 Å². The number of rotatable bonds is 1. The normalized spacial score (nSPS) is 13.9. The van der Waals surface area contributed by atoms with Crippen LogP contribution < -0.4 is 12.4 Å². The Morgan fingerprint density at radius 1 is 1.21 bits per heavy atom. The fourth-order valence-electron chi connectivity index (χ4n) is 1.12. The third-order valence-corrected chi connectivity index (χ3v) is 3.75. The zero-order chi connectivity index (χ0) is 9.26. The zero-order valence-electron chi connectivity index (χ0n) is 7.50. The number of hydrogen-bond acceptors (Lipinski definition) is 0. The SMILES string of the molecule is CC1=[Te][OH+]C(c2ccc(F)cc2)=C1.[Cl-]. The molecule has 1 heterocycles. The molecule has 1 aromatic rings. The summed E-state index contributed by atoms with van der Waals surface area (Å²) < 4.78 is 18.4. The van der Waals surface area contributed by atoms with Crippen molar-refractivity contribution in [3.05, 3.63) is 41.7 Å². The molecule has 1 nitrogen and oxygen atoms in total. The molecule has 0 fully saturated rings. The van der Waals surface area contributed by atoms with Crippen LogP contribution in [0.5, 0.6) is 0 Å². The first-order valence-electron chi connectivity index (χ1n) is 3.95. The molecule has 14 heavy (non-hydrogen) atoms. The molecule has 1 aromatic carbocycles. The molecule has 0 atom stereocenters. The Labute approximate surface area is 98.5 Å². The molecule has 1 N–H and O–H groups in total. The fraction of sp³-hybridized carbons (Fsp3) is 0.100. The smallest absolute Gasteiger partial charge is 1.00 e. The van der Waals surface area contributed by atoms with Gasteiger partial charge in [0, 0.05) is 0 Å². The van der Waals surface area contributed by atoms with E-state index in [4.69, 9.17) is 0 Å². The molecule has 4 heteroatoms. The summed E-state index contributed by atoms with van der Waals surface area (Å²) >= 11 is -0.305. The van der Waals surface area contributed by atoms with Crippen molar-refractivity contribution in [1.29, 1.82) is 0 Å². The molecular weight excluding hydrogens is 318 g/mol. The molecule has 0 bridgehead atoms. The Balaban J connectivity index is 0.000000980. The van der Waals surface area contributed by atoms with Crippen LogP contribution >= 0.6 is 0 Å². The molecule has 0 unspecified atom stereocenters. The van der Waals surface area contributed by atoms with Crippen LogP contribution in [-0.4, -0.2) is 27.5 Å². The summed E-state index contributed by atoms with van der Waals surface area (Å²) in [7, 11) is 0. The first kappa shape index (κ1) is 11.7. The van der Waals surface area contributed by atoms with Gasteiger partial charge < -0.3 is 12.4 Å². The summed E-state index contributed by atoms with van der Waals surface area (Å²) in [6, 6.07) is 6.49. The second-order valence-corrected chi connectivity index (χ2v) is 5.71. The Morgan fingerprint density at radius 2 is 1.86 bits per heavy atom.